The zero-order valence-electron chi connectivity index (χ0n) is 8.95. The quantitative estimate of drug-likeness (QED) is 0.554. The Morgan fingerprint density at radius 1 is 1.57 bits per heavy atom. The van der Waals surface area contributed by atoms with Gasteiger partial charge in [-0.25, -0.2) is 4.79 Å². The van der Waals surface area contributed by atoms with Gasteiger partial charge in [0.1, 0.15) is 11.8 Å². The van der Waals surface area contributed by atoms with Crippen LogP contribution in [0.25, 0.3) is 0 Å². The molecule has 3 heteroatoms. The highest BCUT2D eigenvalue weighted by molar-refractivity contribution is 5.86. The molecule has 3 nitrogen and oxygen atoms in total. The largest absolute Gasteiger partial charge is 0.457 e. The summed E-state index contributed by atoms with van der Waals surface area (Å²) in [6.07, 6.45) is 3.20. The van der Waals surface area contributed by atoms with Crippen LogP contribution in [0.4, 0.5) is 0 Å². The Morgan fingerprint density at radius 3 is 2.71 bits per heavy atom. The fourth-order valence-electron chi connectivity index (χ4n) is 2.14. The molecule has 1 saturated carbocycles. The lowest BCUT2D eigenvalue weighted by atomic mass is 10.0. The Bertz CT molecular complexity index is 237. The van der Waals surface area contributed by atoms with Crippen LogP contribution in [-0.2, 0) is 9.53 Å². The minimum atomic E-state index is -0.456. The van der Waals surface area contributed by atoms with E-state index in [1.54, 1.807) is 0 Å². The van der Waals surface area contributed by atoms with Crippen LogP contribution in [0, 0.1) is 11.8 Å². The van der Waals surface area contributed by atoms with Crippen LogP contribution in [0.1, 0.15) is 33.1 Å². The Morgan fingerprint density at radius 2 is 2.21 bits per heavy atom. The van der Waals surface area contributed by atoms with Gasteiger partial charge < -0.3 is 10.5 Å². The molecule has 0 spiro atoms. The zero-order valence-corrected chi connectivity index (χ0v) is 8.95. The fraction of sp³-hybridized carbons (Fsp3) is 0.727. The molecule has 80 valence electrons. The predicted octanol–water partition coefficient (Wildman–Crippen LogP) is 1.83. The standard InChI is InChI=1S/C11H19NO2/c1-4-9-5-7(2)6-10(9)14-11(13)8(3)12/h7,9-10H,3-6,12H2,1-2H3. The number of carbonyl (C=O) groups excluding carboxylic acids is 1. The van der Waals surface area contributed by atoms with Crippen molar-refractivity contribution in [3.63, 3.8) is 0 Å². The average Bonchev–Trinajstić information content (AvgIpc) is 2.45. The van der Waals surface area contributed by atoms with Gasteiger partial charge in [0.2, 0.25) is 0 Å². The summed E-state index contributed by atoms with van der Waals surface area (Å²) >= 11 is 0. The molecule has 0 saturated heterocycles. The maximum atomic E-state index is 11.2. The van der Waals surface area contributed by atoms with Gasteiger partial charge in [-0.15, -0.1) is 0 Å². The van der Waals surface area contributed by atoms with Crippen LogP contribution >= 0.6 is 0 Å². The molecule has 0 bridgehead atoms. The Labute approximate surface area is 85.3 Å². The molecule has 0 amide bonds. The highest BCUT2D eigenvalue weighted by Crippen LogP contribution is 2.35. The molecular weight excluding hydrogens is 178 g/mol. The highest BCUT2D eigenvalue weighted by Gasteiger charge is 2.33. The third kappa shape index (κ3) is 2.50. The van der Waals surface area contributed by atoms with E-state index in [4.69, 9.17) is 10.5 Å². The number of ether oxygens (including phenoxy) is 1. The third-order valence-electron chi connectivity index (χ3n) is 2.91. The predicted molar refractivity (Wildman–Crippen MR) is 55.4 cm³/mol. The van der Waals surface area contributed by atoms with Crippen LogP contribution in [-0.4, -0.2) is 12.1 Å². The molecule has 0 aromatic carbocycles. The Kier molecular flexibility index (Phi) is 3.55. The first-order chi connectivity index (χ1) is 6.54. The van der Waals surface area contributed by atoms with E-state index < -0.39 is 5.97 Å². The lowest BCUT2D eigenvalue weighted by molar-refractivity contribution is -0.146. The molecule has 0 radical (unpaired) electrons. The summed E-state index contributed by atoms with van der Waals surface area (Å²) in [5.41, 5.74) is 5.27. The second kappa shape index (κ2) is 4.49. The molecular formula is C11H19NO2. The van der Waals surface area contributed by atoms with Gasteiger partial charge in [-0.2, -0.15) is 0 Å². The van der Waals surface area contributed by atoms with Crippen molar-refractivity contribution < 1.29 is 9.53 Å². The number of carbonyl (C=O) groups is 1. The maximum absolute atomic E-state index is 11.2. The molecule has 0 aromatic rings. The van der Waals surface area contributed by atoms with E-state index in [9.17, 15) is 4.79 Å². The monoisotopic (exact) mass is 197 g/mol. The van der Waals surface area contributed by atoms with Gasteiger partial charge in [0.05, 0.1) is 0 Å². The number of hydrogen-bond donors (Lipinski definition) is 1. The summed E-state index contributed by atoms with van der Waals surface area (Å²) in [5.74, 6) is 0.680. The summed E-state index contributed by atoms with van der Waals surface area (Å²) in [7, 11) is 0. The van der Waals surface area contributed by atoms with Crippen LogP contribution in [0.15, 0.2) is 12.3 Å². The van der Waals surface area contributed by atoms with Gasteiger partial charge in [0, 0.05) is 0 Å². The summed E-state index contributed by atoms with van der Waals surface area (Å²) in [4.78, 5) is 11.2. The molecule has 0 aromatic heterocycles. The van der Waals surface area contributed by atoms with E-state index in [1.807, 2.05) is 0 Å². The van der Waals surface area contributed by atoms with Gasteiger partial charge in [-0.05, 0) is 31.1 Å². The van der Waals surface area contributed by atoms with Gasteiger partial charge in [-0.1, -0.05) is 20.4 Å². The first-order valence-corrected chi connectivity index (χ1v) is 5.20. The van der Waals surface area contributed by atoms with Crippen LogP contribution < -0.4 is 5.73 Å². The molecule has 14 heavy (non-hydrogen) atoms. The van der Waals surface area contributed by atoms with Gasteiger partial charge in [-0.3, -0.25) is 0 Å². The van der Waals surface area contributed by atoms with Crippen molar-refractivity contribution in [2.75, 3.05) is 0 Å². The number of hydrogen-bond acceptors (Lipinski definition) is 3. The lowest BCUT2D eigenvalue weighted by Crippen LogP contribution is -2.24. The van der Waals surface area contributed by atoms with E-state index in [1.165, 1.54) is 0 Å². The molecule has 1 aliphatic carbocycles. The van der Waals surface area contributed by atoms with Crippen molar-refractivity contribution in [1.29, 1.82) is 0 Å². The van der Waals surface area contributed by atoms with Crippen LogP contribution in [0.5, 0.6) is 0 Å². The Balaban J connectivity index is 2.51. The smallest absolute Gasteiger partial charge is 0.353 e. The lowest BCUT2D eigenvalue weighted by Gasteiger charge is -2.18. The molecule has 1 rings (SSSR count). The zero-order chi connectivity index (χ0) is 10.7. The topological polar surface area (TPSA) is 52.3 Å². The normalized spacial score (nSPS) is 31.4. The SMILES string of the molecule is C=C(N)C(=O)OC1CC(C)CC1CC. The first-order valence-electron chi connectivity index (χ1n) is 5.20. The third-order valence-corrected chi connectivity index (χ3v) is 2.91. The van der Waals surface area contributed by atoms with Crippen molar-refractivity contribution in [3.05, 3.63) is 12.3 Å². The fourth-order valence-corrected chi connectivity index (χ4v) is 2.14. The maximum Gasteiger partial charge on any atom is 0.353 e. The molecule has 1 fully saturated rings. The van der Waals surface area contributed by atoms with E-state index >= 15 is 0 Å². The van der Waals surface area contributed by atoms with Crippen LogP contribution in [0.3, 0.4) is 0 Å². The van der Waals surface area contributed by atoms with Gasteiger partial charge >= 0.3 is 5.97 Å². The minimum absolute atomic E-state index is 0.000550. The van der Waals surface area contributed by atoms with E-state index in [-0.39, 0.29) is 11.8 Å². The summed E-state index contributed by atoms with van der Waals surface area (Å²) in [6.45, 7) is 7.68. The number of esters is 1. The molecule has 1 aliphatic rings. The van der Waals surface area contributed by atoms with Crippen molar-refractivity contribution in [2.45, 2.75) is 39.2 Å². The van der Waals surface area contributed by atoms with Crippen molar-refractivity contribution >= 4 is 5.97 Å². The number of nitrogens with two attached hydrogens (primary N) is 1. The summed E-state index contributed by atoms with van der Waals surface area (Å²) < 4.78 is 5.28. The molecule has 3 unspecified atom stereocenters. The van der Waals surface area contributed by atoms with E-state index in [0.717, 1.165) is 19.3 Å². The van der Waals surface area contributed by atoms with Gasteiger partial charge in [0.15, 0.2) is 0 Å². The van der Waals surface area contributed by atoms with Crippen LogP contribution in [0.2, 0.25) is 0 Å². The second-order valence-corrected chi connectivity index (χ2v) is 4.21. The first kappa shape index (κ1) is 11.1. The molecule has 3 atom stereocenters. The minimum Gasteiger partial charge on any atom is -0.457 e. The highest BCUT2D eigenvalue weighted by atomic mass is 16.5. The van der Waals surface area contributed by atoms with Crippen molar-refractivity contribution in [2.24, 2.45) is 17.6 Å². The summed E-state index contributed by atoms with van der Waals surface area (Å²) in [5, 5.41) is 0. The average molecular weight is 197 g/mol. The Hall–Kier alpha value is -0.990. The van der Waals surface area contributed by atoms with Crippen molar-refractivity contribution in [1.82, 2.24) is 0 Å². The van der Waals surface area contributed by atoms with E-state index in [0.29, 0.717) is 11.8 Å². The summed E-state index contributed by atoms with van der Waals surface area (Å²) in [6, 6.07) is 0. The molecule has 0 aliphatic heterocycles. The molecule has 0 heterocycles. The number of rotatable bonds is 3. The molecule has 2 N–H and O–H groups in total. The van der Waals surface area contributed by atoms with E-state index in [2.05, 4.69) is 20.4 Å². The second-order valence-electron chi connectivity index (χ2n) is 4.21. The van der Waals surface area contributed by atoms with Crippen molar-refractivity contribution in [3.8, 4) is 0 Å². The van der Waals surface area contributed by atoms with Gasteiger partial charge in [0.25, 0.3) is 0 Å².